The molecule has 2 heterocycles. The third-order valence-electron chi connectivity index (χ3n) is 5.46. The van der Waals surface area contributed by atoms with E-state index in [1.165, 1.54) is 0 Å². The van der Waals surface area contributed by atoms with Crippen LogP contribution in [0.3, 0.4) is 0 Å². The van der Waals surface area contributed by atoms with Crippen molar-refractivity contribution in [3.63, 3.8) is 0 Å². The molecule has 132 valence electrons. The minimum Gasteiger partial charge on any atom is -0.399 e. The van der Waals surface area contributed by atoms with Gasteiger partial charge in [0.25, 0.3) is 0 Å². The fraction of sp³-hybridized carbons (Fsp3) is 0.333. The van der Waals surface area contributed by atoms with Gasteiger partial charge in [0, 0.05) is 11.8 Å². The number of pyridine rings is 1. The Morgan fingerprint density at radius 3 is 2.35 bits per heavy atom. The van der Waals surface area contributed by atoms with E-state index in [0.29, 0.717) is 11.3 Å². The second-order valence-electron chi connectivity index (χ2n) is 7.54. The molecule has 0 radical (unpaired) electrons. The summed E-state index contributed by atoms with van der Waals surface area (Å²) in [6.07, 6.45) is 3.31. The normalized spacial score (nSPS) is 17.8. The molecule has 0 N–H and O–H groups in total. The standard InChI is InChI=1S/C21H23BN2O2/c1-7-19-17(13-23)16(11-12-24-19)15-9-8-10-18(14(15)2)22-25-20(3,4)21(5,6)26-22/h7-12H,1H2,2-6H3. The third-order valence-corrected chi connectivity index (χ3v) is 5.46. The van der Waals surface area contributed by atoms with Crippen LogP contribution in [-0.4, -0.2) is 23.3 Å². The molecule has 5 heteroatoms. The number of rotatable bonds is 3. The molecular formula is C21H23BN2O2. The molecule has 0 unspecified atom stereocenters. The van der Waals surface area contributed by atoms with Crippen LogP contribution in [-0.2, 0) is 9.31 Å². The van der Waals surface area contributed by atoms with Gasteiger partial charge in [0.05, 0.1) is 22.5 Å². The molecule has 0 amide bonds. The van der Waals surface area contributed by atoms with E-state index in [1.54, 1.807) is 12.3 Å². The Labute approximate surface area is 155 Å². The predicted molar refractivity (Wildman–Crippen MR) is 105 cm³/mol. The van der Waals surface area contributed by atoms with Crippen LogP contribution < -0.4 is 5.46 Å². The summed E-state index contributed by atoms with van der Waals surface area (Å²) in [5, 5.41) is 9.61. The molecule has 1 aliphatic rings. The number of hydrogen-bond donors (Lipinski definition) is 0. The highest BCUT2D eigenvalue weighted by atomic mass is 16.7. The van der Waals surface area contributed by atoms with Crippen LogP contribution in [0.4, 0.5) is 0 Å². The summed E-state index contributed by atoms with van der Waals surface area (Å²) < 4.78 is 12.4. The molecule has 2 aromatic rings. The monoisotopic (exact) mass is 346 g/mol. The summed E-state index contributed by atoms with van der Waals surface area (Å²) in [4.78, 5) is 4.23. The van der Waals surface area contributed by atoms with Crippen molar-refractivity contribution in [2.75, 3.05) is 0 Å². The van der Waals surface area contributed by atoms with Gasteiger partial charge < -0.3 is 9.31 Å². The van der Waals surface area contributed by atoms with Gasteiger partial charge >= 0.3 is 7.12 Å². The molecular weight excluding hydrogens is 323 g/mol. The van der Waals surface area contributed by atoms with E-state index in [9.17, 15) is 5.26 Å². The summed E-state index contributed by atoms with van der Waals surface area (Å²) in [5.41, 5.74) is 4.13. The zero-order chi connectivity index (χ0) is 19.1. The van der Waals surface area contributed by atoms with Crippen LogP contribution in [0.15, 0.2) is 37.0 Å². The second-order valence-corrected chi connectivity index (χ2v) is 7.54. The number of nitriles is 1. The first-order valence-electron chi connectivity index (χ1n) is 8.69. The fourth-order valence-corrected chi connectivity index (χ4v) is 3.15. The zero-order valence-corrected chi connectivity index (χ0v) is 16.0. The van der Waals surface area contributed by atoms with Gasteiger partial charge in [-0.15, -0.1) is 0 Å². The topological polar surface area (TPSA) is 55.1 Å². The highest BCUT2D eigenvalue weighted by Gasteiger charge is 2.52. The minimum atomic E-state index is -0.439. The molecule has 0 atom stereocenters. The van der Waals surface area contributed by atoms with Gasteiger partial charge in [0.2, 0.25) is 0 Å². The first-order chi connectivity index (χ1) is 12.2. The van der Waals surface area contributed by atoms with Crippen molar-refractivity contribution in [2.24, 2.45) is 0 Å². The number of hydrogen-bond acceptors (Lipinski definition) is 4. The molecule has 1 aromatic heterocycles. The Balaban J connectivity index is 2.11. The number of aromatic nitrogens is 1. The molecule has 26 heavy (non-hydrogen) atoms. The molecule has 4 nitrogen and oxygen atoms in total. The Morgan fingerprint density at radius 1 is 1.12 bits per heavy atom. The van der Waals surface area contributed by atoms with Crippen LogP contribution in [0.1, 0.15) is 44.5 Å². The Hall–Kier alpha value is -2.42. The van der Waals surface area contributed by atoms with E-state index < -0.39 is 18.3 Å². The van der Waals surface area contributed by atoms with Crippen molar-refractivity contribution in [3.05, 3.63) is 53.9 Å². The molecule has 0 bridgehead atoms. The number of nitrogens with zero attached hydrogens (tertiary/aromatic N) is 2. The lowest BCUT2D eigenvalue weighted by Crippen LogP contribution is -2.41. The van der Waals surface area contributed by atoms with Crippen LogP contribution >= 0.6 is 0 Å². The summed E-state index contributed by atoms with van der Waals surface area (Å²) >= 11 is 0. The molecule has 1 aliphatic heterocycles. The number of benzene rings is 1. The largest absolute Gasteiger partial charge is 0.495 e. The van der Waals surface area contributed by atoms with Gasteiger partial charge in [0.15, 0.2) is 0 Å². The Bertz CT molecular complexity index is 897. The molecule has 1 saturated heterocycles. The van der Waals surface area contributed by atoms with Gasteiger partial charge in [-0.1, -0.05) is 24.8 Å². The first kappa shape index (κ1) is 18.4. The molecule has 0 aliphatic carbocycles. The van der Waals surface area contributed by atoms with E-state index in [0.717, 1.165) is 22.2 Å². The van der Waals surface area contributed by atoms with Crippen molar-refractivity contribution < 1.29 is 9.31 Å². The molecule has 3 rings (SSSR count). The summed E-state index contributed by atoms with van der Waals surface area (Å²) in [6, 6.07) is 10.1. The van der Waals surface area contributed by atoms with E-state index in [1.807, 2.05) is 58.9 Å². The lowest BCUT2D eigenvalue weighted by Gasteiger charge is -2.32. The lowest BCUT2D eigenvalue weighted by atomic mass is 9.74. The van der Waals surface area contributed by atoms with Gasteiger partial charge in [-0.2, -0.15) is 5.26 Å². The molecule has 1 fully saturated rings. The average Bonchev–Trinajstić information content (AvgIpc) is 2.81. The summed E-state index contributed by atoms with van der Waals surface area (Å²) in [5.74, 6) is 0. The van der Waals surface area contributed by atoms with Crippen LogP contribution in [0.25, 0.3) is 17.2 Å². The maximum absolute atomic E-state index is 9.61. The Kier molecular flexibility index (Phi) is 4.52. The van der Waals surface area contributed by atoms with Gasteiger partial charge in [-0.25, -0.2) is 0 Å². The van der Waals surface area contributed by atoms with E-state index in [-0.39, 0.29) is 0 Å². The van der Waals surface area contributed by atoms with E-state index >= 15 is 0 Å². The summed E-state index contributed by atoms with van der Waals surface area (Å²) in [7, 11) is -0.439. The maximum Gasteiger partial charge on any atom is 0.495 e. The van der Waals surface area contributed by atoms with Crippen molar-refractivity contribution in [1.82, 2.24) is 4.98 Å². The first-order valence-corrected chi connectivity index (χ1v) is 8.69. The SMILES string of the molecule is C=Cc1nccc(-c2cccc(B3OC(C)(C)C(C)(C)O3)c2C)c1C#N. The van der Waals surface area contributed by atoms with Crippen molar-refractivity contribution >= 4 is 18.7 Å². The second kappa shape index (κ2) is 6.39. The third kappa shape index (κ3) is 2.86. The van der Waals surface area contributed by atoms with Gasteiger partial charge in [-0.05, 0) is 63.4 Å². The van der Waals surface area contributed by atoms with Crippen LogP contribution in [0, 0.1) is 18.3 Å². The zero-order valence-electron chi connectivity index (χ0n) is 16.0. The molecule has 0 spiro atoms. The van der Waals surface area contributed by atoms with Crippen LogP contribution in [0.2, 0.25) is 0 Å². The summed E-state index contributed by atoms with van der Waals surface area (Å²) in [6.45, 7) is 14.0. The van der Waals surface area contributed by atoms with Gasteiger partial charge in [0.1, 0.15) is 6.07 Å². The molecule has 1 aromatic carbocycles. The van der Waals surface area contributed by atoms with Crippen molar-refractivity contribution in [3.8, 4) is 17.2 Å². The average molecular weight is 346 g/mol. The minimum absolute atomic E-state index is 0.398. The maximum atomic E-state index is 9.61. The lowest BCUT2D eigenvalue weighted by molar-refractivity contribution is 0.00578. The Morgan fingerprint density at radius 2 is 1.77 bits per heavy atom. The van der Waals surface area contributed by atoms with Gasteiger partial charge in [-0.3, -0.25) is 4.98 Å². The molecule has 0 saturated carbocycles. The van der Waals surface area contributed by atoms with Crippen molar-refractivity contribution in [2.45, 2.75) is 45.8 Å². The fourth-order valence-electron chi connectivity index (χ4n) is 3.15. The smallest absolute Gasteiger partial charge is 0.399 e. The predicted octanol–water partition coefficient (Wildman–Crippen LogP) is 3.87. The van der Waals surface area contributed by atoms with Crippen molar-refractivity contribution in [1.29, 1.82) is 5.26 Å². The highest BCUT2D eigenvalue weighted by Crippen LogP contribution is 2.37. The van der Waals surface area contributed by atoms with E-state index in [4.69, 9.17) is 9.31 Å². The van der Waals surface area contributed by atoms with E-state index in [2.05, 4.69) is 17.6 Å². The quantitative estimate of drug-likeness (QED) is 0.792. The highest BCUT2D eigenvalue weighted by molar-refractivity contribution is 6.62. The van der Waals surface area contributed by atoms with Crippen LogP contribution in [0.5, 0.6) is 0 Å².